The first kappa shape index (κ1) is 34.4. The highest BCUT2D eigenvalue weighted by Crippen LogP contribution is 2.66. The molecule has 1 N–H and O–H groups in total. The molecular weight excluding hydrogens is 602 g/mol. The van der Waals surface area contributed by atoms with Gasteiger partial charge < -0.3 is 5.32 Å². The van der Waals surface area contributed by atoms with Gasteiger partial charge in [0.25, 0.3) is 5.91 Å². The van der Waals surface area contributed by atoms with Crippen LogP contribution in [0.15, 0.2) is 0 Å². The highest BCUT2D eigenvalue weighted by Gasteiger charge is 2.97. The molecule has 0 unspecified atom stereocenters. The summed E-state index contributed by atoms with van der Waals surface area (Å²) in [5.74, 6) is -80.8. The number of hydrogen-bond acceptors (Lipinski definition) is 1. The average Bonchev–Trinajstić information content (AvgIpc) is 2.65. The second-order valence-corrected chi connectivity index (χ2v) is 7.00. The Bertz CT molecular complexity index is 830. The number of hydrogen-bond donors (Lipinski definition) is 1. The number of halogens is 21. The molecule has 0 saturated heterocycles. The van der Waals surface area contributed by atoms with Gasteiger partial charge in [-0.25, -0.2) is 0 Å². The lowest BCUT2D eigenvalue weighted by Gasteiger charge is -2.44. The normalized spacial score (nSPS) is 16.3. The monoisotopic (exact) mass is 607 g/mol. The van der Waals surface area contributed by atoms with E-state index in [2.05, 4.69) is 11.6 Å². The van der Waals surface area contributed by atoms with E-state index in [4.69, 9.17) is 0 Å². The maximum Gasteiger partial charge on any atom is 0.393 e. The standard InChI is InChI=1S/C13H6ClF20NO/c1-2-35-3(36)4(15,16)5(17,18)6(19,20)7(21,22)8(23,24)9(25,26)10(27,28)11(29,30)12(31,32)13(14,33)34/h2H2,1H3,(H,35,36). The molecule has 36 heavy (non-hydrogen) atoms. The highest BCUT2D eigenvalue weighted by atomic mass is 35.5. The van der Waals surface area contributed by atoms with Crippen molar-refractivity contribution in [2.24, 2.45) is 0 Å². The minimum atomic E-state index is -9.14. The van der Waals surface area contributed by atoms with E-state index in [9.17, 15) is 92.6 Å². The SMILES string of the molecule is CCNC(=O)C(F)(F)C(F)(F)C(F)(F)C(F)(F)C(F)(F)C(F)(F)C(F)(F)C(F)(F)C(F)(F)C(F)(F)Cl. The van der Waals surface area contributed by atoms with Crippen molar-refractivity contribution in [1.29, 1.82) is 0 Å². The molecule has 0 atom stereocenters. The van der Waals surface area contributed by atoms with Crippen molar-refractivity contribution in [3.63, 3.8) is 0 Å². The van der Waals surface area contributed by atoms with E-state index in [1.54, 1.807) is 0 Å². The molecule has 23 heteroatoms. The molecule has 0 aliphatic carbocycles. The smallest absolute Gasteiger partial charge is 0.351 e. The molecule has 0 fully saturated rings. The van der Waals surface area contributed by atoms with E-state index < -0.39 is 71.1 Å². The number of alkyl halides is 21. The summed E-state index contributed by atoms with van der Waals surface area (Å²) < 4.78 is 265. The zero-order chi connectivity index (χ0) is 30.0. The van der Waals surface area contributed by atoms with Crippen molar-refractivity contribution in [2.75, 3.05) is 6.54 Å². The fraction of sp³-hybridized carbons (Fsp3) is 0.923. The second kappa shape index (κ2) is 8.70. The van der Waals surface area contributed by atoms with Gasteiger partial charge in [0.2, 0.25) is 0 Å². The summed E-state index contributed by atoms with van der Waals surface area (Å²) in [5, 5.41) is -6.47. The third-order valence-electron chi connectivity index (χ3n) is 4.13. The van der Waals surface area contributed by atoms with Gasteiger partial charge in [-0.05, 0) is 18.5 Å². The minimum Gasteiger partial charge on any atom is -0.351 e. The summed E-state index contributed by atoms with van der Waals surface area (Å²) in [6.45, 7) is -0.586. The van der Waals surface area contributed by atoms with Crippen LogP contribution < -0.4 is 5.32 Å². The van der Waals surface area contributed by atoms with Crippen LogP contribution in [0.3, 0.4) is 0 Å². The Morgan fingerprint density at radius 3 is 0.944 bits per heavy atom. The summed E-state index contributed by atoms with van der Waals surface area (Å²) >= 11 is 3.29. The van der Waals surface area contributed by atoms with E-state index in [0.717, 1.165) is 0 Å². The van der Waals surface area contributed by atoms with Crippen LogP contribution in [0.25, 0.3) is 0 Å². The third kappa shape index (κ3) is 4.08. The van der Waals surface area contributed by atoms with E-state index in [0.29, 0.717) is 12.2 Å². The zero-order valence-corrected chi connectivity index (χ0v) is 16.8. The topological polar surface area (TPSA) is 29.1 Å². The summed E-state index contributed by atoms with van der Waals surface area (Å²) in [5.41, 5.74) is 0. The number of amides is 1. The van der Waals surface area contributed by atoms with Crippen LogP contribution in [0.5, 0.6) is 0 Å². The first-order valence-electron chi connectivity index (χ1n) is 7.98. The van der Waals surface area contributed by atoms with E-state index in [-0.39, 0.29) is 0 Å². The average molecular weight is 608 g/mol. The second-order valence-electron chi connectivity index (χ2n) is 6.53. The molecule has 0 radical (unpaired) electrons. The van der Waals surface area contributed by atoms with E-state index in [1.165, 1.54) is 0 Å². The van der Waals surface area contributed by atoms with Crippen LogP contribution in [0.4, 0.5) is 87.8 Å². The first-order chi connectivity index (χ1) is 15.2. The summed E-state index contributed by atoms with van der Waals surface area (Å²) in [6, 6.07) is 0. The Balaban J connectivity index is 7.09. The van der Waals surface area contributed by atoms with Gasteiger partial charge in [-0.2, -0.15) is 87.8 Å². The molecule has 216 valence electrons. The van der Waals surface area contributed by atoms with Crippen molar-refractivity contribution >= 4 is 17.5 Å². The number of rotatable bonds is 11. The van der Waals surface area contributed by atoms with E-state index >= 15 is 0 Å². The lowest BCUT2D eigenvalue weighted by atomic mass is 9.86. The molecule has 0 saturated carbocycles. The predicted molar refractivity (Wildman–Crippen MR) is 74.0 cm³/mol. The molecule has 2 nitrogen and oxygen atoms in total. The van der Waals surface area contributed by atoms with Crippen molar-refractivity contribution < 1.29 is 92.6 Å². The van der Waals surface area contributed by atoms with Gasteiger partial charge in [-0.3, -0.25) is 4.79 Å². The number of carbonyl (C=O) groups is 1. The van der Waals surface area contributed by atoms with Crippen molar-refractivity contribution in [2.45, 2.75) is 65.6 Å². The van der Waals surface area contributed by atoms with Crippen LogP contribution in [-0.2, 0) is 4.79 Å². The van der Waals surface area contributed by atoms with E-state index in [1.807, 2.05) is 0 Å². The van der Waals surface area contributed by atoms with Gasteiger partial charge in [0.1, 0.15) is 0 Å². The number of carbonyl (C=O) groups excluding carboxylic acids is 1. The van der Waals surface area contributed by atoms with Gasteiger partial charge in [-0.1, -0.05) is 0 Å². The number of nitrogens with one attached hydrogen (secondary N) is 1. The molecule has 0 aromatic rings. The molecule has 0 aliphatic rings. The zero-order valence-electron chi connectivity index (χ0n) is 16.1. The molecule has 0 rings (SSSR count). The van der Waals surface area contributed by atoms with Crippen LogP contribution in [-0.4, -0.2) is 71.1 Å². The van der Waals surface area contributed by atoms with Crippen molar-refractivity contribution in [1.82, 2.24) is 5.32 Å². The molecule has 0 heterocycles. The molecule has 0 aromatic carbocycles. The predicted octanol–water partition coefficient (Wildman–Crippen LogP) is 6.67. The minimum absolute atomic E-state index is 0.590. The van der Waals surface area contributed by atoms with Crippen molar-refractivity contribution in [3.8, 4) is 0 Å². The Morgan fingerprint density at radius 1 is 0.500 bits per heavy atom. The Labute approximate surface area is 188 Å². The molecular formula is C13H6ClF20NO. The lowest BCUT2D eigenvalue weighted by Crippen LogP contribution is -2.77. The quantitative estimate of drug-likeness (QED) is 0.206. The third-order valence-corrected chi connectivity index (χ3v) is 4.37. The largest absolute Gasteiger partial charge is 0.393 e. The Hall–Kier alpha value is -1.64. The van der Waals surface area contributed by atoms with Crippen molar-refractivity contribution in [3.05, 3.63) is 0 Å². The van der Waals surface area contributed by atoms with Gasteiger partial charge in [0, 0.05) is 6.54 Å². The molecule has 0 aromatic heterocycles. The Morgan fingerprint density at radius 2 is 0.722 bits per heavy atom. The van der Waals surface area contributed by atoms with Crippen LogP contribution in [0.1, 0.15) is 6.92 Å². The Kier molecular flexibility index (Phi) is 8.31. The van der Waals surface area contributed by atoms with Crippen LogP contribution in [0.2, 0.25) is 0 Å². The maximum absolute atomic E-state index is 13.5. The lowest BCUT2D eigenvalue weighted by molar-refractivity contribution is -0.464. The highest BCUT2D eigenvalue weighted by molar-refractivity contribution is 6.22. The fourth-order valence-corrected chi connectivity index (χ4v) is 2.09. The first-order valence-corrected chi connectivity index (χ1v) is 8.36. The molecule has 1 amide bonds. The fourth-order valence-electron chi connectivity index (χ4n) is 1.97. The molecule has 0 spiro atoms. The summed E-state index contributed by atoms with van der Waals surface area (Å²) in [7, 11) is 0. The van der Waals surface area contributed by atoms with Gasteiger partial charge in [-0.15, -0.1) is 0 Å². The van der Waals surface area contributed by atoms with Gasteiger partial charge in [0.05, 0.1) is 0 Å². The van der Waals surface area contributed by atoms with Gasteiger partial charge in [0.15, 0.2) is 0 Å². The summed E-state index contributed by atoms with van der Waals surface area (Å²) in [6.07, 6.45) is 0. The van der Waals surface area contributed by atoms with Gasteiger partial charge >= 0.3 is 58.7 Å². The van der Waals surface area contributed by atoms with Crippen LogP contribution >= 0.6 is 11.6 Å². The maximum atomic E-state index is 13.5. The van der Waals surface area contributed by atoms with Crippen LogP contribution in [0, 0.1) is 0 Å². The molecule has 0 bridgehead atoms. The molecule has 0 aliphatic heterocycles. The summed E-state index contributed by atoms with van der Waals surface area (Å²) in [4.78, 5) is 10.8.